The summed E-state index contributed by atoms with van der Waals surface area (Å²) in [6.45, 7) is 0. The molecule has 1 heterocycles. The molecule has 0 amide bonds. The van der Waals surface area contributed by atoms with Gasteiger partial charge in [-0.1, -0.05) is 164 Å². The Balaban J connectivity index is 1.18. The van der Waals surface area contributed by atoms with Crippen molar-refractivity contribution in [3.05, 3.63) is 212 Å². The second-order valence-corrected chi connectivity index (χ2v) is 15.6. The third-order valence-electron chi connectivity index (χ3n) is 11.2. The molecular weight excluding hydrogens is 695 g/mol. The Morgan fingerprint density at radius 1 is 0.304 bits per heavy atom. The van der Waals surface area contributed by atoms with E-state index >= 15 is 0 Å². The average Bonchev–Trinajstić information content (AvgIpc) is 3.66. The normalized spacial score (nSPS) is 11.6. The first-order chi connectivity index (χ1) is 27.8. The van der Waals surface area contributed by atoms with Crippen molar-refractivity contribution >= 4 is 80.9 Å². The second-order valence-electron chi connectivity index (χ2n) is 14.5. The lowest BCUT2D eigenvalue weighted by molar-refractivity contribution is 1.30. The van der Waals surface area contributed by atoms with Crippen LogP contribution in [0.1, 0.15) is 0 Å². The van der Waals surface area contributed by atoms with Crippen LogP contribution < -0.4 is 4.90 Å². The molecule has 0 aliphatic heterocycles. The van der Waals surface area contributed by atoms with Crippen LogP contribution in [-0.2, 0) is 0 Å². The zero-order valence-corrected chi connectivity index (χ0v) is 31.4. The molecule has 0 aliphatic rings. The molecule has 0 atom stereocenters. The van der Waals surface area contributed by atoms with Crippen molar-refractivity contribution in [3.8, 4) is 33.4 Å². The van der Waals surface area contributed by atoms with E-state index in [0.717, 1.165) is 17.1 Å². The first-order valence-corrected chi connectivity index (χ1v) is 20.0. The minimum Gasteiger partial charge on any atom is -0.309 e. The number of anilines is 3. The molecule has 0 fully saturated rings. The largest absolute Gasteiger partial charge is 0.309 e. The summed E-state index contributed by atoms with van der Waals surface area (Å²) in [5.74, 6) is 0. The van der Waals surface area contributed by atoms with Crippen LogP contribution in [0.5, 0.6) is 0 Å². The molecule has 0 bridgehead atoms. The van der Waals surface area contributed by atoms with Crippen molar-refractivity contribution in [2.24, 2.45) is 0 Å². The van der Waals surface area contributed by atoms with Crippen molar-refractivity contribution in [3.63, 3.8) is 0 Å². The molecule has 0 N–H and O–H groups in total. The maximum Gasteiger partial charge on any atom is 0.0555 e. The Labute approximate surface area is 330 Å². The number of thiophene rings is 1. The number of fused-ring (bicyclic) bond motifs is 7. The van der Waals surface area contributed by atoms with E-state index in [0.29, 0.717) is 0 Å². The number of benzene rings is 10. The summed E-state index contributed by atoms with van der Waals surface area (Å²) >= 11 is 1.86. The number of nitrogens with zero attached hydrogens (tertiary/aromatic N) is 1. The molecule has 1 nitrogen and oxygen atoms in total. The lowest BCUT2D eigenvalue weighted by Crippen LogP contribution is -2.12. The SMILES string of the molecule is c1ccc(-c2ccc(-c3cc4ccccc4c4ccccc34)cc2N(c2ccc(-c3ccc4ccccc4c3)cc2)c2cccc3sc4ccccc4c23)cc1. The molecule has 0 saturated carbocycles. The lowest BCUT2D eigenvalue weighted by Gasteiger charge is -2.29. The van der Waals surface area contributed by atoms with E-state index in [-0.39, 0.29) is 0 Å². The quantitative estimate of drug-likeness (QED) is 0.154. The monoisotopic (exact) mass is 729 g/mol. The van der Waals surface area contributed by atoms with Crippen LogP contribution in [0.15, 0.2) is 212 Å². The van der Waals surface area contributed by atoms with E-state index < -0.39 is 0 Å². The van der Waals surface area contributed by atoms with Crippen molar-refractivity contribution < 1.29 is 0 Å². The molecule has 262 valence electrons. The third-order valence-corrected chi connectivity index (χ3v) is 12.4. The lowest BCUT2D eigenvalue weighted by atomic mass is 9.91. The maximum atomic E-state index is 2.50. The molecule has 10 aromatic carbocycles. The van der Waals surface area contributed by atoms with Crippen LogP contribution in [0, 0.1) is 0 Å². The summed E-state index contributed by atoms with van der Waals surface area (Å²) in [6, 6.07) is 77.9. The molecule has 11 rings (SSSR count). The first-order valence-electron chi connectivity index (χ1n) is 19.2. The Kier molecular flexibility index (Phi) is 7.75. The molecule has 11 aromatic rings. The predicted molar refractivity (Wildman–Crippen MR) is 243 cm³/mol. The van der Waals surface area contributed by atoms with Gasteiger partial charge in [0.25, 0.3) is 0 Å². The molecule has 0 aliphatic carbocycles. The van der Waals surface area contributed by atoms with Gasteiger partial charge in [0.15, 0.2) is 0 Å². The van der Waals surface area contributed by atoms with Crippen molar-refractivity contribution in [1.29, 1.82) is 0 Å². The highest BCUT2D eigenvalue weighted by Crippen LogP contribution is 2.49. The summed E-state index contributed by atoms with van der Waals surface area (Å²) in [4.78, 5) is 2.50. The molecule has 0 unspecified atom stereocenters. The van der Waals surface area contributed by atoms with Crippen LogP contribution in [0.3, 0.4) is 0 Å². The molecule has 0 radical (unpaired) electrons. The Hall–Kier alpha value is -7.00. The number of hydrogen-bond donors (Lipinski definition) is 0. The highest BCUT2D eigenvalue weighted by atomic mass is 32.1. The highest BCUT2D eigenvalue weighted by Gasteiger charge is 2.23. The summed E-state index contributed by atoms with van der Waals surface area (Å²) in [6.07, 6.45) is 0. The minimum absolute atomic E-state index is 1.11. The van der Waals surface area contributed by atoms with E-state index in [4.69, 9.17) is 0 Å². The van der Waals surface area contributed by atoms with Gasteiger partial charge in [0.2, 0.25) is 0 Å². The van der Waals surface area contributed by atoms with Gasteiger partial charge in [-0.2, -0.15) is 0 Å². The summed E-state index contributed by atoms with van der Waals surface area (Å²) in [5.41, 5.74) is 10.6. The van der Waals surface area contributed by atoms with Crippen LogP contribution in [-0.4, -0.2) is 0 Å². The van der Waals surface area contributed by atoms with Crippen LogP contribution in [0.2, 0.25) is 0 Å². The van der Waals surface area contributed by atoms with Gasteiger partial charge in [0.05, 0.1) is 11.4 Å². The Morgan fingerprint density at radius 2 is 0.946 bits per heavy atom. The summed E-state index contributed by atoms with van der Waals surface area (Å²) in [7, 11) is 0. The number of hydrogen-bond acceptors (Lipinski definition) is 2. The van der Waals surface area contributed by atoms with Crippen LogP contribution in [0.4, 0.5) is 17.1 Å². The van der Waals surface area contributed by atoms with Gasteiger partial charge in [0, 0.05) is 31.4 Å². The fraction of sp³-hybridized carbons (Fsp3) is 0. The maximum absolute atomic E-state index is 2.50. The molecule has 56 heavy (non-hydrogen) atoms. The van der Waals surface area contributed by atoms with Gasteiger partial charge in [-0.15, -0.1) is 11.3 Å². The number of rotatable bonds is 6. The zero-order valence-electron chi connectivity index (χ0n) is 30.6. The van der Waals surface area contributed by atoms with E-state index in [2.05, 4.69) is 217 Å². The zero-order chi connectivity index (χ0) is 37.0. The first kappa shape index (κ1) is 32.4. The average molecular weight is 730 g/mol. The molecule has 2 heteroatoms. The minimum atomic E-state index is 1.11. The fourth-order valence-corrected chi connectivity index (χ4v) is 9.69. The van der Waals surface area contributed by atoms with Crippen LogP contribution in [0.25, 0.3) is 85.9 Å². The summed E-state index contributed by atoms with van der Waals surface area (Å²) in [5, 5.41) is 10.1. The van der Waals surface area contributed by atoms with E-state index in [1.165, 1.54) is 85.9 Å². The van der Waals surface area contributed by atoms with Crippen molar-refractivity contribution in [1.82, 2.24) is 0 Å². The van der Waals surface area contributed by atoms with Gasteiger partial charge >= 0.3 is 0 Å². The van der Waals surface area contributed by atoms with Crippen molar-refractivity contribution in [2.45, 2.75) is 0 Å². The Bertz CT molecular complexity index is 3250. The fourth-order valence-electron chi connectivity index (χ4n) is 8.56. The van der Waals surface area contributed by atoms with Crippen LogP contribution >= 0.6 is 11.3 Å². The molecule has 0 saturated heterocycles. The van der Waals surface area contributed by atoms with Gasteiger partial charge in [-0.25, -0.2) is 0 Å². The molecule has 0 spiro atoms. The van der Waals surface area contributed by atoms with Gasteiger partial charge in [-0.3, -0.25) is 0 Å². The standard InChI is InChI=1S/C54H35NS/c1-2-14-38(15-3-1)45-32-29-42(49-34-41-17-6-7-18-44(41)46-19-8-9-20-47(46)49)35-51(45)55(50-22-12-24-53-54(50)48-21-10-11-23-52(48)56-53)43-30-27-37(28-31-43)40-26-25-36-13-4-5-16-39(36)33-40/h1-35H. The van der Waals surface area contributed by atoms with E-state index in [1.54, 1.807) is 0 Å². The van der Waals surface area contributed by atoms with E-state index in [1.807, 2.05) is 11.3 Å². The van der Waals surface area contributed by atoms with E-state index in [9.17, 15) is 0 Å². The van der Waals surface area contributed by atoms with Crippen molar-refractivity contribution in [2.75, 3.05) is 4.90 Å². The molecular formula is C54H35NS. The smallest absolute Gasteiger partial charge is 0.0555 e. The van der Waals surface area contributed by atoms with Gasteiger partial charge in [-0.05, 0) is 109 Å². The second kappa shape index (κ2) is 13.4. The summed E-state index contributed by atoms with van der Waals surface area (Å²) < 4.78 is 2.57. The third kappa shape index (κ3) is 5.46. The van der Waals surface area contributed by atoms with Gasteiger partial charge in [0.1, 0.15) is 0 Å². The topological polar surface area (TPSA) is 3.24 Å². The predicted octanol–water partition coefficient (Wildman–Crippen LogP) is 16.0. The van der Waals surface area contributed by atoms with Gasteiger partial charge < -0.3 is 4.90 Å². The highest BCUT2D eigenvalue weighted by molar-refractivity contribution is 7.26. The molecule has 1 aromatic heterocycles. The Morgan fingerprint density at radius 3 is 1.79 bits per heavy atom.